The lowest BCUT2D eigenvalue weighted by Crippen LogP contribution is -2.36. The van der Waals surface area contributed by atoms with E-state index in [4.69, 9.17) is 10.5 Å². The normalized spacial score (nSPS) is 17.0. The molecule has 1 aromatic carbocycles. The fourth-order valence-electron chi connectivity index (χ4n) is 2.53. The second-order valence-corrected chi connectivity index (χ2v) is 5.09. The van der Waals surface area contributed by atoms with Crippen molar-refractivity contribution in [2.45, 2.75) is 6.04 Å². The predicted octanol–water partition coefficient (Wildman–Crippen LogP) is 0.701. The Bertz CT molecular complexity index is 576. The van der Waals surface area contributed by atoms with Crippen molar-refractivity contribution in [3.63, 3.8) is 0 Å². The third kappa shape index (κ3) is 2.92. The van der Waals surface area contributed by atoms with Crippen molar-refractivity contribution in [3.05, 3.63) is 42.5 Å². The smallest absolute Gasteiger partial charge is 0.0994 e. The second kappa shape index (κ2) is 6.26. The summed E-state index contributed by atoms with van der Waals surface area (Å²) in [6.45, 7) is 3.30. The zero-order valence-electron chi connectivity index (χ0n) is 11.9. The van der Waals surface area contributed by atoms with Gasteiger partial charge in [-0.2, -0.15) is 0 Å². The van der Waals surface area contributed by atoms with Gasteiger partial charge in [-0.3, -0.25) is 0 Å². The number of ether oxygens (including phenoxy) is 1. The molecule has 6 nitrogen and oxygen atoms in total. The number of benzene rings is 1. The molecule has 0 amide bonds. The Kier molecular flexibility index (Phi) is 4.19. The van der Waals surface area contributed by atoms with Gasteiger partial charge >= 0.3 is 0 Å². The highest BCUT2D eigenvalue weighted by molar-refractivity contribution is 5.51. The molecule has 1 atom stereocenters. The first-order valence-corrected chi connectivity index (χ1v) is 7.11. The van der Waals surface area contributed by atoms with Crippen molar-refractivity contribution < 1.29 is 9.84 Å². The highest BCUT2D eigenvalue weighted by Gasteiger charge is 2.13. The van der Waals surface area contributed by atoms with Crippen LogP contribution in [0.3, 0.4) is 0 Å². The largest absolute Gasteiger partial charge is 0.394 e. The third-order valence-corrected chi connectivity index (χ3v) is 3.75. The zero-order chi connectivity index (χ0) is 14.7. The first kappa shape index (κ1) is 14.1. The molecule has 0 aliphatic carbocycles. The molecule has 0 saturated carbocycles. The maximum atomic E-state index is 9.21. The molecule has 1 saturated heterocycles. The van der Waals surface area contributed by atoms with Crippen molar-refractivity contribution in [2.24, 2.45) is 5.73 Å². The zero-order valence-corrected chi connectivity index (χ0v) is 11.9. The number of morpholine rings is 1. The maximum Gasteiger partial charge on any atom is 0.0994 e. The number of aromatic nitrogens is 2. The summed E-state index contributed by atoms with van der Waals surface area (Å²) in [4.78, 5) is 6.43. The molecule has 3 rings (SSSR count). The molecule has 0 radical (unpaired) electrons. The molecule has 0 bridgehead atoms. The monoisotopic (exact) mass is 288 g/mol. The Labute approximate surface area is 123 Å². The fraction of sp³-hybridized carbons (Fsp3) is 0.400. The number of aliphatic hydroxyl groups excluding tert-OH is 1. The van der Waals surface area contributed by atoms with Crippen LogP contribution in [0, 0.1) is 0 Å². The van der Waals surface area contributed by atoms with Crippen molar-refractivity contribution in [3.8, 4) is 5.69 Å². The molecule has 0 spiro atoms. The Morgan fingerprint density at radius 2 is 1.86 bits per heavy atom. The van der Waals surface area contributed by atoms with Gasteiger partial charge in [-0.05, 0) is 24.3 Å². The van der Waals surface area contributed by atoms with Gasteiger partial charge in [0.05, 0.1) is 44.1 Å². The van der Waals surface area contributed by atoms with E-state index in [-0.39, 0.29) is 6.61 Å². The molecule has 21 heavy (non-hydrogen) atoms. The van der Waals surface area contributed by atoms with Crippen LogP contribution in [0.25, 0.3) is 5.69 Å². The standard InChI is InChI=1S/C15H20N4O2/c16-14(10-20)15-9-17-11-19(15)13-3-1-12(2-4-13)18-5-7-21-8-6-18/h1-4,9,11,14,20H,5-8,10,16H2. The number of rotatable bonds is 4. The van der Waals surface area contributed by atoms with Gasteiger partial charge in [0, 0.05) is 24.5 Å². The summed E-state index contributed by atoms with van der Waals surface area (Å²) in [6, 6.07) is 7.84. The van der Waals surface area contributed by atoms with E-state index < -0.39 is 6.04 Å². The van der Waals surface area contributed by atoms with Crippen LogP contribution in [0.2, 0.25) is 0 Å². The van der Waals surface area contributed by atoms with Crippen LogP contribution in [-0.4, -0.2) is 47.6 Å². The van der Waals surface area contributed by atoms with Gasteiger partial charge in [0.2, 0.25) is 0 Å². The molecule has 1 fully saturated rings. The number of nitrogens with zero attached hydrogens (tertiary/aromatic N) is 3. The number of imidazole rings is 1. The number of nitrogens with two attached hydrogens (primary N) is 1. The molecule has 6 heteroatoms. The van der Waals surface area contributed by atoms with Crippen LogP contribution < -0.4 is 10.6 Å². The van der Waals surface area contributed by atoms with Crippen LogP contribution in [-0.2, 0) is 4.74 Å². The Morgan fingerprint density at radius 3 is 2.52 bits per heavy atom. The second-order valence-electron chi connectivity index (χ2n) is 5.09. The van der Waals surface area contributed by atoms with Crippen LogP contribution in [0.5, 0.6) is 0 Å². The van der Waals surface area contributed by atoms with Crippen molar-refractivity contribution in [1.29, 1.82) is 0 Å². The average molecular weight is 288 g/mol. The lowest BCUT2D eigenvalue weighted by Gasteiger charge is -2.29. The molecule has 2 heterocycles. The molecule has 112 valence electrons. The predicted molar refractivity (Wildman–Crippen MR) is 80.6 cm³/mol. The molecule has 1 unspecified atom stereocenters. The highest BCUT2D eigenvalue weighted by Crippen LogP contribution is 2.21. The van der Waals surface area contributed by atoms with E-state index in [0.717, 1.165) is 37.7 Å². The summed E-state index contributed by atoms with van der Waals surface area (Å²) in [5.74, 6) is 0. The first-order valence-electron chi connectivity index (χ1n) is 7.11. The summed E-state index contributed by atoms with van der Waals surface area (Å²) in [5, 5.41) is 9.21. The minimum atomic E-state index is -0.425. The van der Waals surface area contributed by atoms with Crippen LogP contribution in [0.4, 0.5) is 5.69 Å². The molecule has 3 N–H and O–H groups in total. The summed E-state index contributed by atoms with van der Waals surface area (Å²) >= 11 is 0. The van der Waals surface area contributed by atoms with Gasteiger partial charge in [0.25, 0.3) is 0 Å². The molecule has 1 aliphatic rings. The highest BCUT2D eigenvalue weighted by atomic mass is 16.5. The molecular weight excluding hydrogens is 268 g/mol. The lowest BCUT2D eigenvalue weighted by atomic mass is 10.2. The quantitative estimate of drug-likeness (QED) is 0.866. The first-order chi connectivity index (χ1) is 10.3. The van der Waals surface area contributed by atoms with E-state index in [9.17, 15) is 5.11 Å². The minimum absolute atomic E-state index is 0.0996. The third-order valence-electron chi connectivity index (χ3n) is 3.75. The lowest BCUT2D eigenvalue weighted by molar-refractivity contribution is 0.122. The van der Waals surface area contributed by atoms with E-state index in [2.05, 4.69) is 22.0 Å². The van der Waals surface area contributed by atoms with Gasteiger partial charge in [-0.15, -0.1) is 0 Å². The van der Waals surface area contributed by atoms with E-state index in [1.807, 2.05) is 16.7 Å². The topological polar surface area (TPSA) is 76.5 Å². The summed E-state index contributed by atoms with van der Waals surface area (Å²) in [5.41, 5.74) is 8.87. The summed E-state index contributed by atoms with van der Waals surface area (Å²) in [6.07, 6.45) is 3.41. The van der Waals surface area contributed by atoms with Crippen molar-refractivity contribution >= 4 is 5.69 Å². The Balaban J connectivity index is 1.82. The Hall–Kier alpha value is -1.89. The van der Waals surface area contributed by atoms with Gasteiger partial charge in [-0.1, -0.05) is 0 Å². The SMILES string of the molecule is NC(CO)c1cncn1-c1ccc(N2CCOCC2)cc1. The van der Waals surface area contributed by atoms with E-state index in [1.165, 1.54) is 5.69 Å². The van der Waals surface area contributed by atoms with Crippen LogP contribution >= 0.6 is 0 Å². The van der Waals surface area contributed by atoms with Gasteiger partial charge in [0.1, 0.15) is 0 Å². The van der Waals surface area contributed by atoms with Crippen molar-refractivity contribution in [2.75, 3.05) is 37.8 Å². The molecular formula is C15H20N4O2. The fourth-order valence-corrected chi connectivity index (χ4v) is 2.53. The molecule has 1 aromatic heterocycles. The molecule has 1 aliphatic heterocycles. The number of hydrogen-bond donors (Lipinski definition) is 2. The summed E-state index contributed by atoms with van der Waals surface area (Å²) < 4.78 is 7.27. The van der Waals surface area contributed by atoms with E-state index in [0.29, 0.717) is 0 Å². The van der Waals surface area contributed by atoms with Gasteiger partial charge in [-0.25, -0.2) is 4.98 Å². The average Bonchev–Trinajstić information content (AvgIpc) is 3.05. The van der Waals surface area contributed by atoms with E-state index >= 15 is 0 Å². The maximum absolute atomic E-state index is 9.21. The van der Waals surface area contributed by atoms with Gasteiger partial charge < -0.3 is 25.0 Å². The van der Waals surface area contributed by atoms with Gasteiger partial charge in [0.15, 0.2) is 0 Å². The van der Waals surface area contributed by atoms with Crippen LogP contribution in [0.1, 0.15) is 11.7 Å². The summed E-state index contributed by atoms with van der Waals surface area (Å²) in [7, 11) is 0. The Morgan fingerprint density at radius 1 is 1.19 bits per heavy atom. The molecule has 2 aromatic rings. The van der Waals surface area contributed by atoms with Crippen molar-refractivity contribution in [1.82, 2.24) is 9.55 Å². The number of aliphatic hydroxyl groups is 1. The van der Waals surface area contributed by atoms with Crippen LogP contribution in [0.15, 0.2) is 36.8 Å². The minimum Gasteiger partial charge on any atom is -0.394 e. The number of anilines is 1. The van der Waals surface area contributed by atoms with E-state index in [1.54, 1.807) is 12.5 Å². The number of hydrogen-bond acceptors (Lipinski definition) is 5.